The van der Waals surface area contributed by atoms with Crippen molar-refractivity contribution in [3.8, 4) is 0 Å². The van der Waals surface area contributed by atoms with E-state index in [2.05, 4.69) is 31.0 Å². The molecule has 120 valence electrons. The van der Waals surface area contributed by atoms with Crippen molar-refractivity contribution < 1.29 is 13.2 Å². The average Bonchev–Trinajstić information content (AvgIpc) is 2.37. The zero-order valence-corrected chi connectivity index (χ0v) is 12.9. The highest BCUT2D eigenvalue weighted by molar-refractivity contribution is 4.82. The van der Waals surface area contributed by atoms with Gasteiger partial charge in [0.25, 0.3) is 0 Å². The predicted octanol–water partition coefficient (Wildman–Crippen LogP) is 2.19. The van der Waals surface area contributed by atoms with Gasteiger partial charge in [0.15, 0.2) is 0 Å². The molecular formula is C14H28F3N3. The van der Waals surface area contributed by atoms with E-state index in [-0.39, 0.29) is 5.41 Å². The van der Waals surface area contributed by atoms with Crippen LogP contribution in [0, 0.1) is 5.41 Å². The maximum Gasteiger partial charge on any atom is 0.401 e. The van der Waals surface area contributed by atoms with E-state index in [4.69, 9.17) is 0 Å². The van der Waals surface area contributed by atoms with Gasteiger partial charge >= 0.3 is 6.18 Å². The molecule has 0 bridgehead atoms. The van der Waals surface area contributed by atoms with Gasteiger partial charge in [0, 0.05) is 39.3 Å². The van der Waals surface area contributed by atoms with Crippen molar-refractivity contribution in [2.45, 2.75) is 33.4 Å². The molecule has 0 aliphatic carbocycles. The number of rotatable bonds is 7. The van der Waals surface area contributed by atoms with Crippen LogP contribution in [0.25, 0.3) is 0 Å². The topological polar surface area (TPSA) is 18.5 Å². The summed E-state index contributed by atoms with van der Waals surface area (Å²) in [6.45, 7) is 11.1. The predicted molar refractivity (Wildman–Crippen MR) is 75.9 cm³/mol. The molecule has 0 saturated carbocycles. The Morgan fingerprint density at radius 2 is 1.45 bits per heavy atom. The number of nitrogens with one attached hydrogen (secondary N) is 1. The quantitative estimate of drug-likeness (QED) is 0.777. The average molecular weight is 295 g/mol. The van der Waals surface area contributed by atoms with Crippen LogP contribution in [0.5, 0.6) is 0 Å². The minimum atomic E-state index is -4.08. The molecule has 0 amide bonds. The van der Waals surface area contributed by atoms with E-state index in [0.29, 0.717) is 13.1 Å². The third-order valence-corrected chi connectivity index (χ3v) is 4.13. The highest BCUT2D eigenvalue weighted by Crippen LogP contribution is 2.23. The first-order valence-corrected chi connectivity index (χ1v) is 7.50. The molecule has 1 unspecified atom stereocenters. The Kier molecular flexibility index (Phi) is 6.75. The fourth-order valence-electron chi connectivity index (χ4n) is 2.62. The second kappa shape index (κ2) is 7.61. The van der Waals surface area contributed by atoms with Crippen molar-refractivity contribution in [3.05, 3.63) is 0 Å². The number of nitrogens with zero attached hydrogens (tertiary/aromatic N) is 2. The van der Waals surface area contributed by atoms with Crippen LogP contribution in [0.1, 0.15) is 27.2 Å². The summed E-state index contributed by atoms with van der Waals surface area (Å²) in [4.78, 5) is 3.80. The summed E-state index contributed by atoms with van der Waals surface area (Å²) in [7, 11) is 0. The Bertz CT molecular complexity index is 275. The molecule has 1 heterocycles. The minimum Gasteiger partial charge on any atom is -0.316 e. The molecule has 0 aromatic heterocycles. The molecule has 6 heteroatoms. The van der Waals surface area contributed by atoms with Crippen LogP contribution in [0.2, 0.25) is 0 Å². The van der Waals surface area contributed by atoms with Gasteiger partial charge in [0.1, 0.15) is 0 Å². The molecule has 1 aliphatic heterocycles. The standard InChI is InChI=1S/C14H28F3N3/c1-4-13(3,10-18-5-2)11-19-6-8-20(9-7-19)12-14(15,16)17/h18H,4-12H2,1-3H3. The smallest absolute Gasteiger partial charge is 0.316 e. The van der Waals surface area contributed by atoms with Crippen LogP contribution in [0.3, 0.4) is 0 Å². The highest BCUT2D eigenvalue weighted by Gasteiger charge is 2.33. The van der Waals surface area contributed by atoms with Gasteiger partial charge < -0.3 is 10.2 Å². The van der Waals surface area contributed by atoms with Gasteiger partial charge in [-0.15, -0.1) is 0 Å². The van der Waals surface area contributed by atoms with Crippen molar-refractivity contribution in [3.63, 3.8) is 0 Å². The number of hydrogen-bond donors (Lipinski definition) is 1. The third kappa shape index (κ3) is 6.41. The van der Waals surface area contributed by atoms with E-state index in [9.17, 15) is 13.2 Å². The number of halogens is 3. The molecule has 1 N–H and O–H groups in total. The van der Waals surface area contributed by atoms with E-state index in [1.165, 1.54) is 4.90 Å². The van der Waals surface area contributed by atoms with Crippen LogP contribution in [-0.4, -0.2) is 68.3 Å². The van der Waals surface area contributed by atoms with Gasteiger partial charge in [-0.2, -0.15) is 13.2 Å². The monoisotopic (exact) mass is 295 g/mol. The van der Waals surface area contributed by atoms with E-state index in [1.807, 2.05) is 0 Å². The SMILES string of the molecule is CCNCC(C)(CC)CN1CCN(CC(F)(F)F)CC1. The van der Waals surface area contributed by atoms with Gasteiger partial charge in [-0.25, -0.2) is 0 Å². The lowest BCUT2D eigenvalue weighted by Gasteiger charge is -2.40. The maximum atomic E-state index is 12.3. The summed E-state index contributed by atoms with van der Waals surface area (Å²) in [5, 5.41) is 3.38. The van der Waals surface area contributed by atoms with Crippen molar-refractivity contribution in [1.29, 1.82) is 0 Å². The molecule has 0 spiro atoms. The van der Waals surface area contributed by atoms with E-state index in [0.717, 1.165) is 39.1 Å². The molecule has 1 saturated heterocycles. The van der Waals surface area contributed by atoms with Crippen molar-refractivity contribution in [2.24, 2.45) is 5.41 Å². The van der Waals surface area contributed by atoms with Crippen LogP contribution in [0.4, 0.5) is 13.2 Å². The zero-order valence-electron chi connectivity index (χ0n) is 12.9. The molecule has 0 aromatic rings. The lowest BCUT2D eigenvalue weighted by molar-refractivity contribution is -0.149. The first kappa shape index (κ1) is 17.7. The molecule has 1 rings (SSSR count). The molecule has 1 fully saturated rings. The largest absolute Gasteiger partial charge is 0.401 e. The first-order chi connectivity index (χ1) is 9.28. The molecule has 20 heavy (non-hydrogen) atoms. The minimum absolute atomic E-state index is 0.197. The number of alkyl halides is 3. The summed E-state index contributed by atoms with van der Waals surface area (Å²) in [5.41, 5.74) is 0.197. The number of piperazine rings is 1. The van der Waals surface area contributed by atoms with Crippen LogP contribution in [-0.2, 0) is 0 Å². The van der Waals surface area contributed by atoms with Crippen LogP contribution >= 0.6 is 0 Å². The lowest BCUT2D eigenvalue weighted by atomic mass is 9.86. The molecule has 1 atom stereocenters. The normalized spacial score (nSPS) is 21.9. The van der Waals surface area contributed by atoms with E-state index >= 15 is 0 Å². The van der Waals surface area contributed by atoms with Gasteiger partial charge in [-0.1, -0.05) is 20.8 Å². The van der Waals surface area contributed by atoms with Crippen molar-refractivity contribution in [2.75, 3.05) is 52.4 Å². The summed E-state index contributed by atoms with van der Waals surface area (Å²) >= 11 is 0. The summed E-state index contributed by atoms with van der Waals surface area (Å²) < 4.78 is 37.0. The van der Waals surface area contributed by atoms with E-state index in [1.54, 1.807) is 0 Å². The number of hydrogen-bond acceptors (Lipinski definition) is 3. The lowest BCUT2D eigenvalue weighted by Crippen LogP contribution is -2.52. The van der Waals surface area contributed by atoms with Gasteiger partial charge in [-0.3, -0.25) is 4.90 Å². The fourth-order valence-corrected chi connectivity index (χ4v) is 2.62. The third-order valence-electron chi connectivity index (χ3n) is 4.13. The molecule has 0 radical (unpaired) electrons. The molecular weight excluding hydrogens is 267 g/mol. The second-order valence-corrected chi connectivity index (χ2v) is 6.11. The summed E-state index contributed by atoms with van der Waals surface area (Å²) in [6, 6.07) is 0. The van der Waals surface area contributed by atoms with Crippen molar-refractivity contribution >= 4 is 0 Å². The fraction of sp³-hybridized carbons (Fsp3) is 1.00. The Hall–Kier alpha value is -0.330. The van der Waals surface area contributed by atoms with E-state index < -0.39 is 12.7 Å². The van der Waals surface area contributed by atoms with Crippen molar-refractivity contribution in [1.82, 2.24) is 15.1 Å². The Labute approximate surface area is 120 Å². The van der Waals surface area contributed by atoms with Crippen LogP contribution in [0.15, 0.2) is 0 Å². The van der Waals surface area contributed by atoms with Gasteiger partial charge in [0.05, 0.1) is 6.54 Å². The highest BCUT2D eigenvalue weighted by atomic mass is 19.4. The zero-order chi connectivity index (χ0) is 15.2. The summed E-state index contributed by atoms with van der Waals surface area (Å²) in [5.74, 6) is 0. The van der Waals surface area contributed by atoms with Gasteiger partial charge in [0.2, 0.25) is 0 Å². The second-order valence-electron chi connectivity index (χ2n) is 6.11. The molecule has 0 aromatic carbocycles. The molecule has 3 nitrogen and oxygen atoms in total. The molecule has 1 aliphatic rings. The maximum absolute atomic E-state index is 12.3. The summed E-state index contributed by atoms with van der Waals surface area (Å²) in [6.07, 6.45) is -3.01. The van der Waals surface area contributed by atoms with Gasteiger partial charge in [-0.05, 0) is 18.4 Å². The Balaban J connectivity index is 2.37. The van der Waals surface area contributed by atoms with Crippen LogP contribution < -0.4 is 5.32 Å². The first-order valence-electron chi connectivity index (χ1n) is 7.50. The Morgan fingerprint density at radius 3 is 1.85 bits per heavy atom. The Morgan fingerprint density at radius 1 is 0.950 bits per heavy atom.